The molecule has 0 aliphatic carbocycles. The predicted octanol–water partition coefficient (Wildman–Crippen LogP) is 5.79. The van der Waals surface area contributed by atoms with E-state index in [1.807, 2.05) is 66.1 Å². The summed E-state index contributed by atoms with van der Waals surface area (Å²) >= 11 is 0. The first-order valence-corrected chi connectivity index (χ1v) is 9.59. The third-order valence-corrected chi connectivity index (χ3v) is 4.45. The molecule has 0 spiro atoms. The summed E-state index contributed by atoms with van der Waals surface area (Å²) in [6.07, 6.45) is 1.54. The van der Waals surface area contributed by atoms with E-state index in [9.17, 15) is 9.18 Å². The van der Waals surface area contributed by atoms with E-state index in [4.69, 9.17) is 0 Å². The molecule has 0 atom stereocenters. The average molecular weight is 384 g/mol. The largest absolute Gasteiger partial charge is 0.345 e. The molecule has 5 heteroatoms. The number of benzene rings is 2. The Bertz CT molecular complexity index is 810. The summed E-state index contributed by atoms with van der Waals surface area (Å²) in [6, 6.07) is 10.4. The van der Waals surface area contributed by atoms with E-state index in [0.717, 1.165) is 23.2 Å². The molecule has 0 aliphatic heterocycles. The van der Waals surface area contributed by atoms with Crippen LogP contribution in [0.5, 0.6) is 0 Å². The van der Waals surface area contributed by atoms with Crippen LogP contribution in [0.4, 0.5) is 14.9 Å². The quantitative estimate of drug-likeness (QED) is 0.642. The molecule has 2 aromatic carbocycles. The van der Waals surface area contributed by atoms with Gasteiger partial charge >= 0.3 is 6.03 Å². The molecule has 2 amide bonds. The SMILES string of the molecule is CC(C)c1cc(F)cc(C(C)C)c1NC(=O)/N=C/c1ccc(CN(C)C)cc1. The molecule has 0 aromatic heterocycles. The van der Waals surface area contributed by atoms with Crippen LogP contribution in [0.1, 0.15) is 61.8 Å². The van der Waals surface area contributed by atoms with Gasteiger partial charge in [-0.05, 0) is 60.3 Å². The molecule has 4 nitrogen and oxygen atoms in total. The van der Waals surface area contributed by atoms with Crippen LogP contribution in [0.3, 0.4) is 0 Å². The van der Waals surface area contributed by atoms with Crippen molar-refractivity contribution in [1.82, 2.24) is 4.90 Å². The first-order valence-electron chi connectivity index (χ1n) is 9.59. The molecule has 28 heavy (non-hydrogen) atoms. The summed E-state index contributed by atoms with van der Waals surface area (Å²) in [5, 5.41) is 2.87. The van der Waals surface area contributed by atoms with Crippen LogP contribution in [0, 0.1) is 5.82 Å². The minimum absolute atomic E-state index is 0.0803. The van der Waals surface area contributed by atoms with Crippen LogP contribution < -0.4 is 5.32 Å². The third kappa shape index (κ3) is 5.99. The number of aliphatic imine (C=N–C) groups is 1. The number of carbonyl (C=O) groups is 1. The second-order valence-corrected chi connectivity index (χ2v) is 7.94. The molecule has 2 aromatic rings. The van der Waals surface area contributed by atoms with Crippen molar-refractivity contribution in [2.75, 3.05) is 19.4 Å². The molecule has 0 fully saturated rings. The fraction of sp³-hybridized carbons (Fsp3) is 0.391. The van der Waals surface area contributed by atoms with Crippen molar-refractivity contribution < 1.29 is 9.18 Å². The number of halogens is 1. The van der Waals surface area contributed by atoms with Gasteiger partial charge in [-0.2, -0.15) is 0 Å². The summed E-state index contributed by atoms with van der Waals surface area (Å²) in [5.74, 6) is -0.125. The first kappa shape index (κ1) is 21.8. The van der Waals surface area contributed by atoms with E-state index in [1.54, 1.807) is 6.21 Å². The Hall–Kier alpha value is -2.53. The number of amides is 2. The lowest BCUT2D eigenvalue weighted by molar-refractivity contribution is 0.259. The van der Waals surface area contributed by atoms with E-state index in [1.165, 1.54) is 17.7 Å². The number of nitrogens with zero attached hydrogens (tertiary/aromatic N) is 2. The second kappa shape index (κ2) is 9.60. The van der Waals surface area contributed by atoms with E-state index < -0.39 is 6.03 Å². The van der Waals surface area contributed by atoms with Gasteiger partial charge in [0.2, 0.25) is 0 Å². The van der Waals surface area contributed by atoms with Crippen LogP contribution in [0.25, 0.3) is 0 Å². The second-order valence-electron chi connectivity index (χ2n) is 7.94. The van der Waals surface area contributed by atoms with Crippen molar-refractivity contribution in [2.45, 2.75) is 46.1 Å². The highest BCUT2D eigenvalue weighted by Crippen LogP contribution is 2.33. The van der Waals surface area contributed by atoms with Gasteiger partial charge in [0.05, 0.1) is 0 Å². The van der Waals surface area contributed by atoms with Crippen LogP contribution in [-0.2, 0) is 6.54 Å². The number of anilines is 1. The molecule has 0 saturated heterocycles. The predicted molar refractivity (Wildman–Crippen MR) is 115 cm³/mol. The Kier molecular flexibility index (Phi) is 7.46. The maximum absolute atomic E-state index is 14.0. The molecule has 0 bridgehead atoms. The summed E-state index contributed by atoms with van der Waals surface area (Å²) in [6.45, 7) is 8.78. The van der Waals surface area contributed by atoms with E-state index in [2.05, 4.69) is 15.2 Å². The van der Waals surface area contributed by atoms with Gasteiger partial charge in [0.25, 0.3) is 0 Å². The molecular weight excluding hydrogens is 353 g/mol. The van der Waals surface area contributed by atoms with Crippen molar-refractivity contribution in [3.8, 4) is 0 Å². The van der Waals surface area contributed by atoms with Gasteiger partial charge in [0.15, 0.2) is 0 Å². The highest BCUT2D eigenvalue weighted by molar-refractivity contribution is 5.99. The van der Waals surface area contributed by atoms with Crippen molar-refractivity contribution >= 4 is 17.9 Å². The van der Waals surface area contributed by atoms with Gasteiger partial charge in [0.1, 0.15) is 5.82 Å². The van der Waals surface area contributed by atoms with Crippen LogP contribution in [0.15, 0.2) is 41.4 Å². The summed E-state index contributed by atoms with van der Waals surface area (Å²) in [4.78, 5) is 18.5. The van der Waals surface area contributed by atoms with Crippen LogP contribution in [-0.4, -0.2) is 31.2 Å². The number of hydrogen-bond acceptors (Lipinski definition) is 2. The molecule has 0 heterocycles. The van der Waals surface area contributed by atoms with Crippen molar-refractivity contribution in [1.29, 1.82) is 0 Å². The lowest BCUT2D eigenvalue weighted by atomic mass is 9.92. The van der Waals surface area contributed by atoms with Crippen molar-refractivity contribution in [3.63, 3.8) is 0 Å². The molecular formula is C23H30FN3O. The third-order valence-electron chi connectivity index (χ3n) is 4.45. The van der Waals surface area contributed by atoms with Gasteiger partial charge in [-0.1, -0.05) is 52.0 Å². The zero-order chi connectivity index (χ0) is 20.8. The molecule has 150 valence electrons. The average Bonchev–Trinajstić information content (AvgIpc) is 2.61. The highest BCUT2D eigenvalue weighted by Gasteiger charge is 2.17. The molecule has 0 unspecified atom stereocenters. The Morgan fingerprint density at radius 2 is 1.61 bits per heavy atom. The summed E-state index contributed by atoms with van der Waals surface area (Å²) < 4.78 is 14.0. The number of hydrogen-bond donors (Lipinski definition) is 1. The van der Waals surface area contributed by atoms with E-state index in [0.29, 0.717) is 5.69 Å². The Morgan fingerprint density at radius 1 is 1.07 bits per heavy atom. The van der Waals surface area contributed by atoms with Crippen molar-refractivity contribution in [2.24, 2.45) is 4.99 Å². The first-order chi connectivity index (χ1) is 13.2. The standard InChI is InChI=1S/C23H30FN3O/c1-15(2)20-11-19(24)12-21(16(3)4)22(20)26-23(28)25-13-17-7-9-18(10-8-17)14-27(5)6/h7-13,15-16H,14H2,1-6H3,(H,26,28)/b25-13+. The lowest BCUT2D eigenvalue weighted by Gasteiger charge is -2.19. The minimum Gasteiger partial charge on any atom is -0.306 e. The van der Waals surface area contributed by atoms with E-state index in [-0.39, 0.29) is 17.7 Å². The Morgan fingerprint density at radius 3 is 2.07 bits per heavy atom. The minimum atomic E-state index is -0.465. The van der Waals surface area contributed by atoms with Gasteiger partial charge in [0, 0.05) is 18.4 Å². The van der Waals surface area contributed by atoms with Crippen LogP contribution in [0.2, 0.25) is 0 Å². The fourth-order valence-electron chi connectivity index (χ4n) is 3.05. The topological polar surface area (TPSA) is 44.7 Å². The zero-order valence-electron chi connectivity index (χ0n) is 17.6. The van der Waals surface area contributed by atoms with Crippen LogP contribution >= 0.6 is 0 Å². The zero-order valence-corrected chi connectivity index (χ0v) is 17.6. The maximum Gasteiger partial charge on any atom is 0.345 e. The van der Waals surface area contributed by atoms with Gasteiger partial charge in [-0.3, -0.25) is 0 Å². The van der Waals surface area contributed by atoms with Gasteiger partial charge < -0.3 is 10.2 Å². The number of carbonyl (C=O) groups excluding carboxylic acids is 1. The highest BCUT2D eigenvalue weighted by atomic mass is 19.1. The monoisotopic (exact) mass is 383 g/mol. The van der Waals surface area contributed by atoms with Gasteiger partial charge in [-0.25, -0.2) is 14.2 Å². The fourth-order valence-corrected chi connectivity index (χ4v) is 3.05. The summed E-state index contributed by atoms with van der Waals surface area (Å²) in [7, 11) is 4.04. The number of urea groups is 1. The van der Waals surface area contributed by atoms with Gasteiger partial charge in [-0.15, -0.1) is 0 Å². The molecule has 0 saturated carbocycles. The maximum atomic E-state index is 14.0. The summed E-state index contributed by atoms with van der Waals surface area (Å²) in [5.41, 5.74) is 4.27. The molecule has 0 aliphatic rings. The van der Waals surface area contributed by atoms with E-state index >= 15 is 0 Å². The number of nitrogens with one attached hydrogen (secondary N) is 1. The lowest BCUT2D eigenvalue weighted by Crippen LogP contribution is -2.13. The Balaban J connectivity index is 2.19. The smallest absolute Gasteiger partial charge is 0.306 e. The molecule has 2 rings (SSSR count). The molecule has 1 N–H and O–H groups in total. The number of rotatable bonds is 6. The normalized spacial score (nSPS) is 11.8. The van der Waals surface area contributed by atoms with Crippen molar-refractivity contribution in [3.05, 3.63) is 64.5 Å². The Labute approximate surface area is 167 Å². The molecule has 0 radical (unpaired) electrons.